The number of hydrogen-bond donors (Lipinski definition) is 1. The molecule has 0 aliphatic heterocycles. The molecule has 3 aromatic rings. The van der Waals surface area contributed by atoms with E-state index in [1.165, 1.54) is 4.57 Å². The summed E-state index contributed by atoms with van der Waals surface area (Å²) in [6.45, 7) is 2.62. The quantitative estimate of drug-likeness (QED) is 0.793. The second-order valence-corrected chi connectivity index (χ2v) is 6.97. The van der Waals surface area contributed by atoms with E-state index in [2.05, 4.69) is 16.9 Å². The lowest BCUT2D eigenvalue weighted by Gasteiger charge is -2.33. The number of halogens is 1. The number of aromatic amines is 1. The molecule has 0 saturated heterocycles. The summed E-state index contributed by atoms with van der Waals surface area (Å²) in [6.07, 6.45) is 3.31. The third kappa shape index (κ3) is 2.47. The Bertz CT molecular complexity index is 1010. The first-order valence-electron chi connectivity index (χ1n) is 7.97. The molecule has 0 atom stereocenters. The summed E-state index contributed by atoms with van der Waals surface area (Å²) in [4.78, 5) is 32.0. The Labute approximate surface area is 142 Å². The maximum atomic E-state index is 12.9. The van der Waals surface area contributed by atoms with Gasteiger partial charge in [0.05, 0.1) is 6.33 Å². The average Bonchev–Trinajstić information content (AvgIpc) is 2.90. The topological polar surface area (TPSA) is 72.7 Å². The zero-order valence-electron chi connectivity index (χ0n) is 13.2. The minimum absolute atomic E-state index is 0.0143. The number of aromatic nitrogens is 4. The van der Waals surface area contributed by atoms with Crippen molar-refractivity contribution in [2.45, 2.75) is 32.4 Å². The highest BCUT2D eigenvalue weighted by molar-refractivity contribution is 6.30. The van der Waals surface area contributed by atoms with E-state index in [1.54, 1.807) is 10.9 Å². The molecule has 2 heterocycles. The summed E-state index contributed by atoms with van der Waals surface area (Å²) in [5, 5.41) is 0.667. The predicted octanol–water partition coefficient (Wildman–Crippen LogP) is 2.56. The SMILES string of the molecule is CC1CC(n2c(=O)[nH]c3ncn(Cc4ccc(Cl)cc4)c3c2=O)C1. The molecule has 1 aliphatic rings. The van der Waals surface area contributed by atoms with Crippen LogP contribution in [0.25, 0.3) is 11.2 Å². The van der Waals surface area contributed by atoms with E-state index in [0.29, 0.717) is 28.6 Å². The summed E-state index contributed by atoms with van der Waals surface area (Å²) in [6, 6.07) is 7.43. The first kappa shape index (κ1) is 15.2. The van der Waals surface area contributed by atoms with Crippen LogP contribution in [0.15, 0.2) is 40.2 Å². The van der Waals surface area contributed by atoms with Crippen molar-refractivity contribution in [3.8, 4) is 0 Å². The Kier molecular flexibility index (Phi) is 3.57. The molecule has 0 spiro atoms. The average molecular weight is 345 g/mol. The van der Waals surface area contributed by atoms with Gasteiger partial charge < -0.3 is 4.57 Å². The van der Waals surface area contributed by atoms with Crippen LogP contribution in [0.4, 0.5) is 0 Å². The molecule has 0 unspecified atom stereocenters. The lowest BCUT2D eigenvalue weighted by molar-refractivity contribution is 0.206. The first-order chi connectivity index (χ1) is 11.5. The van der Waals surface area contributed by atoms with Crippen LogP contribution in [-0.2, 0) is 6.54 Å². The van der Waals surface area contributed by atoms with Gasteiger partial charge in [0.15, 0.2) is 11.2 Å². The normalized spacial score (nSPS) is 20.2. The number of H-pyrrole nitrogens is 1. The van der Waals surface area contributed by atoms with Crippen molar-refractivity contribution in [1.82, 2.24) is 19.1 Å². The standard InChI is InChI=1S/C17H17ClN4O2/c1-10-6-13(7-10)22-16(23)14-15(20-17(22)24)19-9-21(14)8-11-2-4-12(18)5-3-11/h2-5,9-10,13H,6-8H2,1H3,(H,20,24). The summed E-state index contributed by atoms with van der Waals surface area (Å²) in [5.41, 5.74) is 1.14. The van der Waals surface area contributed by atoms with Gasteiger partial charge in [-0.15, -0.1) is 0 Å². The van der Waals surface area contributed by atoms with Crippen molar-refractivity contribution in [3.63, 3.8) is 0 Å². The Hall–Kier alpha value is -2.34. The number of imidazole rings is 1. The van der Waals surface area contributed by atoms with E-state index < -0.39 is 0 Å². The summed E-state index contributed by atoms with van der Waals surface area (Å²) in [7, 11) is 0. The van der Waals surface area contributed by atoms with Crippen LogP contribution in [0.1, 0.15) is 31.4 Å². The summed E-state index contributed by atoms with van der Waals surface area (Å²) >= 11 is 5.91. The molecule has 1 aromatic carbocycles. The molecule has 0 amide bonds. The van der Waals surface area contributed by atoms with Crippen molar-refractivity contribution in [2.75, 3.05) is 0 Å². The fraction of sp³-hybridized carbons (Fsp3) is 0.353. The predicted molar refractivity (Wildman–Crippen MR) is 92.6 cm³/mol. The highest BCUT2D eigenvalue weighted by Crippen LogP contribution is 2.35. The van der Waals surface area contributed by atoms with Gasteiger partial charge >= 0.3 is 5.69 Å². The fourth-order valence-electron chi connectivity index (χ4n) is 3.37. The zero-order valence-corrected chi connectivity index (χ0v) is 14.0. The third-order valence-electron chi connectivity index (χ3n) is 4.68. The van der Waals surface area contributed by atoms with E-state index in [-0.39, 0.29) is 17.3 Å². The van der Waals surface area contributed by atoms with Crippen LogP contribution < -0.4 is 11.2 Å². The monoisotopic (exact) mass is 344 g/mol. The minimum atomic E-state index is -0.374. The molecule has 7 heteroatoms. The Morgan fingerprint density at radius 3 is 2.62 bits per heavy atom. The Morgan fingerprint density at radius 1 is 1.25 bits per heavy atom. The number of rotatable bonds is 3. The van der Waals surface area contributed by atoms with Crippen molar-refractivity contribution in [3.05, 3.63) is 62.0 Å². The number of nitrogens with zero attached hydrogens (tertiary/aromatic N) is 3. The molecule has 1 saturated carbocycles. The van der Waals surface area contributed by atoms with Crippen LogP contribution in [0.5, 0.6) is 0 Å². The molecule has 2 aromatic heterocycles. The van der Waals surface area contributed by atoms with E-state index >= 15 is 0 Å². The van der Waals surface area contributed by atoms with Gasteiger partial charge in [0.25, 0.3) is 5.56 Å². The van der Waals surface area contributed by atoms with Gasteiger partial charge in [-0.25, -0.2) is 9.78 Å². The molecule has 0 bridgehead atoms. The minimum Gasteiger partial charge on any atom is -0.320 e. The van der Waals surface area contributed by atoms with E-state index in [4.69, 9.17) is 11.6 Å². The molecule has 1 N–H and O–H groups in total. The molecular weight excluding hydrogens is 328 g/mol. The Morgan fingerprint density at radius 2 is 1.96 bits per heavy atom. The molecule has 0 radical (unpaired) electrons. The maximum absolute atomic E-state index is 12.9. The van der Waals surface area contributed by atoms with Crippen LogP contribution in [0.3, 0.4) is 0 Å². The third-order valence-corrected chi connectivity index (χ3v) is 4.94. The smallest absolute Gasteiger partial charge is 0.320 e. The number of hydrogen-bond acceptors (Lipinski definition) is 3. The molecule has 124 valence electrons. The van der Waals surface area contributed by atoms with Crippen molar-refractivity contribution in [2.24, 2.45) is 5.92 Å². The van der Waals surface area contributed by atoms with Gasteiger partial charge in [-0.1, -0.05) is 30.7 Å². The van der Waals surface area contributed by atoms with E-state index in [0.717, 1.165) is 18.4 Å². The lowest BCUT2D eigenvalue weighted by Crippen LogP contribution is -2.42. The molecule has 6 nitrogen and oxygen atoms in total. The summed E-state index contributed by atoms with van der Waals surface area (Å²) < 4.78 is 3.12. The van der Waals surface area contributed by atoms with Gasteiger partial charge in [0, 0.05) is 17.6 Å². The molecule has 24 heavy (non-hydrogen) atoms. The van der Waals surface area contributed by atoms with Crippen molar-refractivity contribution < 1.29 is 0 Å². The second-order valence-electron chi connectivity index (χ2n) is 6.53. The zero-order chi connectivity index (χ0) is 16.8. The van der Waals surface area contributed by atoms with E-state index in [1.807, 2.05) is 24.3 Å². The van der Waals surface area contributed by atoms with Gasteiger partial charge in [0.1, 0.15) is 0 Å². The molecule has 4 rings (SSSR count). The molecular formula is C17H17ClN4O2. The maximum Gasteiger partial charge on any atom is 0.330 e. The van der Waals surface area contributed by atoms with Crippen LogP contribution >= 0.6 is 11.6 Å². The van der Waals surface area contributed by atoms with Gasteiger partial charge in [-0.05, 0) is 36.5 Å². The number of nitrogens with one attached hydrogen (secondary N) is 1. The molecule has 1 fully saturated rings. The second kappa shape index (κ2) is 5.63. The van der Waals surface area contributed by atoms with Gasteiger partial charge in [-0.2, -0.15) is 0 Å². The number of fused-ring (bicyclic) bond motifs is 1. The highest BCUT2D eigenvalue weighted by Gasteiger charge is 2.30. The van der Waals surface area contributed by atoms with Crippen LogP contribution in [0, 0.1) is 5.92 Å². The highest BCUT2D eigenvalue weighted by atomic mass is 35.5. The van der Waals surface area contributed by atoms with Crippen molar-refractivity contribution >= 4 is 22.8 Å². The number of benzene rings is 1. The fourth-order valence-corrected chi connectivity index (χ4v) is 3.50. The van der Waals surface area contributed by atoms with Gasteiger partial charge in [-0.3, -0.25) is 14.3 Å². The van der Waals surface area contributed by atoms with E-state index in [9.17, 15) is 9.59 Å². The van der Waals surface area contributed by atoms with Crippen LogP contribution in [-0.4, -0.2) is 19.1 Å². The van der Waals surface area contributed by atoms with Crippen LogP contribution in [0.2, 0.25) is 5.02 Å². The summed E-state index contributed by atoms with van der Waals surface area (Å²) in [5.74, 6) is 0.552. The Balaban J connectivity index is 1.80. The first-order valence-corrected chi connectivity index (χ1v) is 8.35. The van der Waals surface area contributed by atoms with Crippen molar-refractivity contribution in [1.29, 1.82) is 0 Å². The lowest BCUT2D eigenvalue weighted by atomic mass is 9.82. The van der Waals surface area contributed by atoms with Gasteiger partial charge in [0.2, 0.25) is 0 Å². The largest absolute Gasteiger partial charge is 0.330 e. The molecule has 1 aliphatic carbocycles.